The molecule has 5 heteroatoms. The number of nitrogens with one attached hydrogen (secondary N) is 1. The Morgan fingerprint density at radius 3 is 2.52 bits per heavy atom. The third-order valence-electron chi connectivity index (χ3n) is 5.39. The van der Waals surface area contributed by atoms with Gasteiger partial charge in [-0.3, -0.25) is 9.80 Å². The molecule has 1 fully saturated rings. The van der Waals surface area contributed by atoms with Crippen molar-refractivity contribution >= 4 is 10.9 Å². The second-order valence-corrected chi connectivity index (χ2v) is 7.20. The summed E-state index contributed by atoms with van der Waals surface area (Å²) in [6, 6.07) is 14.9. The van der Waals surface area contributed by atoms with Crippen molar-refractivity contribution in [3.63, 3.8) is 0 Å². The summed E-state index contributed by atoms with van der Waals surface area (Å²) in [7, 11) is 0. The molecule has 0 spiro atoms. The van der Waals surface area contributed by atoms with Crippen molar-refractivity contribution in [2.75, 3.05) is 39.3 Å². The van der Waals surface area contributed by atoms with E-state index in [0.717, 1.165) is 68.1 Å². The van der Waals surface area contributed by atoms with Crippen LogP contribution in [0.1, 0.15) is 11.3 Å². The van der Waals surface area contributed by atoms with Crippen molar-refractivity contribution in [3.8, 4) is 5.75 Å². The summed E-state index contributed by atoms with van der Waals surface area (Å²) in [5.41, 5.74) is 3.36. The van der Waals surface area contributed by atoms with E-state index in [-0.39, 0.29) is 5.82 Å². The van der Waals surface area contributed by atoms with Crippen LogP contribution in [0.2, 0.25) is 0 Å². The summed E-state index contributed by atoms with van der Waals surface area (Å²) < 4.78 is 19.3. The van der Waals surface area contributed by atoms with Gasteiger partial charge in [0.2, 0.25) is 0 Å². The zero-order valence-corrected chi connectivity index (χ0v) is 15.7. The standard InChI is InChI=1S/C22H26FN3O/c1-17-20-15-18(23)7-8-21(20)24-22(17)16-26-11-9-25(10-12-26)13-14-27-19-5-3-2-4-6-19/h2-8,15,24H,9-14,16H2,1H3. The van der Waals surface area contributed by atoms with E-state index in [4.69, 9.17) is 4.74 Å². The lowest BCUT2D eigenvalue weighted by atomic mass is 10.1. The predicted octanol–water partition coefficient (Wildman–Crippen LogP) is 3.81. The fourth-order valence-corrected chi connectivity index (χ4v) is 3.72. The molecule has 142 valence electrons. The van der Waals surface area contributed by atoms with Crippen molar-refractivity contribution in [3.05, 3.63) is 65.6 Å². The molecule has 0 unspecified atom stereocenters. The van der Waals surface area contributed by atoms with Gasteiger partial charge in [0.15, 0.2) is 0 Å². The second kappa shape index (κ2) is 8.11. The second-order valence-electron chi connectivity index (χ2n) is 7.20. The van der Waals surface area contributed by atoms with Gasteiger partial charge in [-0.1, -0.05) is 18.2 Å². The smallest absolute Gasteiger partial charge is 0.123 e. The predicted molar refractivity (Wildman–Crippen MR) is 107 cm³/mol. The maximum absolute atomic E-state index is 13.5. The molecule has 0 aliphatic carbocycles. The number of halogens is 1. The lowest BCUT2D eigenvalue weighted by Crippen LogP contribution is -2.47. The van der Waals surface area contributed by atoms with Gasteiger partial charge >= 0.3 is 0 Å². The van der Waals surface area contributed by atoms with Gasteiger partial charge in [0.1, 0.15) is 18.2 Å². The number of fused-ring (bicyclic) bond motifs is 1. The Balaban J connectivity index is 1.26. The summed E-state index contributed by atoms with van der Waals surface area (Å²) >= 11 is 0. The molecule has 0 bridgehead atoms. The molecule has 4 rings (SSSR count). The molecule has 3 aromatic rings. The molecular formula is C22H26FN3O. The highest BCUT2D eigenvalue weighted by Gasteiger charge is 2.19. The van der Waals surface area contributed by atoms with Crippen LogP contribution in [0.4, 0.5) is 4.39 Å². The molecular weight excluding hydrogens is 341 g/mol. The lowest BCUT2D eigenvalue weighted by Gasteiger charge is -2.34. The number of para-hydroxylation sites is 1. The Morgan fingerprint density at radius 2 is 1.74 bits per heavy atom. The van der Waals surface area contributed by atoms with E-state index in [9.17, 15) is 4.39 Å². The van der Waals surface area contributed by atoms with Crippen LogP contribution in [0.15, 0.2) is 48.5 Å². The number of piperazine rings is 1. The maximum atomic E-state index is 13.5. The fourth-order valence-electron chi connectivity index (χ4n) is 3.72. The van der Waals surface area contributed by atoms with E-state index < -0.39 is 0 Å². The molecule has 1 N–H and O–H groups in total. The normalized spacial score (nSPS) is 16.1. The van der Waals surface area contributed by atoms with Crippen molar-refractivity contribution in [2.24, 2.45) is 0 Å². The van der Waals surface area contributed by atoms with Crippen molar-refractivity contribution < 1.29 is 9.13 Å². The highest BCUT2D eigenvalue weighted by Crippen LogP contribution is 2.24. The highest BCUT2D eigenvalue weighted by atomic mass is 19.1. The van der Waals surface area contributed by atoms with Crippen molar-refractivity contribution in [1.82, 2.24) is 14.8 Å². The Hall–Kier alpha value is -2.37. The summed E-state index contributed by atoms with van der Waals surface area (Å²) in [5, 5.41) is 0.988. The minimum absolute atomic E-state index is 0.178. The van der Waals surface area contributed by atoms with Gasteiger partial charge in [0, 0.05) is 55.9 Å². The number of H-pyrrole nitrogens is 1. The van der Waals surface area contributed by atoms with Gasteiger partial charge < -0.3 is 9.72 Å². The summed E-state index contributed by atoms with van der Waals surface area (Å²) in [5.74, 6) is 0.754. The number of aromatic nitrogens is 1. The molecule has 0 atom stereocenters. The minimum atomic E-state index is -0.178. The highest BCUT2D eigenvalue weighted by molar-refractivity contribution is 5.84. The monoisotopic (exact) mass is 367 g/mol. The molecule has 4 nitrogen and oxygen atoms in total. The third kappa shape index (κ3) is 4.31. The Labute approximate surface area is 159 Å². The Kier molecular flexibility index (Phi) is 5.41. The van der Waals surface area contributed by atoms with E-state index in [2.05, 4.69) is 21.7 Å². The van der Waals surface area contributed by atoms with Crippen LogP contribution in [-0.2, 0) is 6.54 Å². The number of hydrogen-bond acceptors (Lipinski definition) is 3. The topological polar surface area (TPSA) is 31.5 Å². The average molecular weight is 367 g/mol. The van der Waals surface area contributed by atoms with Crippen LogP contribution >= 0.6 is 0 Å². The molecule has 0 saturated carbocycles. The van der Waals surface area contributed by atoms with Gasteiger partial charge in [-0.05, 0) is 42.8 Å². The van der Waals surface area contributed by atoms with Crippen LogP contribution in [0.3, 0.4) is 0 Å². The average Bonchev–Trinajstić information content (AvgIpc) is 2.99. The number of ether oxygens (including phenoxy) is 1. The van der Waals surface area contributed by atoms with Crippen LogP contribution in [0.5, 0.6) is 5.75 Å². The van der Waals surface area contributed by atoms with E-state index in [1.54, 1.807) is 6.07 Å². The Morgan fingerprint density at radius 1 is 1.00 bits per heavy atom. The van der Waals surface area contributed by atoms with Gasteiger partial charge in [0.05, 0.1) is 0 Å². The number of hydrogen-bond donors (Lipinski definition) is 1. The number of benzene rings is 2. The van der Waals surface area contributed by atoms with Gasteiger partial charge in [-0.15, -0.1) is 0 Å². The number of aryl methyl sites for hydroxylation is 1. The van der Waals surface area contributed by atoms with Crippen LogP contribution in [0, 0.1) is 12.7 Å². The minimum Gasteiger partial charge on any atom is -0.492 e. The first-order valence-corrected chi connectivity index (χ1v) is 9.58. The van der Waals surface area contributed by atoms with Gasteiger partial charge in [-0.2, -0.15) is 0 Å². The molecule has 2 aromatic carbocycles. The number of aromatic amines is 1. The van der Waals surface area contributed by atoms with Crippen LogP contribution < -0.4 is 4.74 Å². The first-order chi connectivity index (χ1) is 13.2. The zero-order chi connectivity index (χ0) is 18.6. The van der Waals surface area contributed by atoms with Crippen LogP contribution in [-0.4, -0.2) is 54.1 Å². The molecule has 0 amide bonds. The first kappa shape index (κ1) is 18.0. The molecule has 0 radical (unpaired) electrons. The van der Waals surface area contributed by atoms with E-state index >= 15 is 0 Å². The molecule has 27 heavy (non-hydrogen) atoms. The van der Waals surface area contributed by atoms with Crippen LogP contribution in [0.25, 0.3) is 10.9 Å². The quantitative estimate of drug-likeness (QED) is 0.719. The van der Waals surface area contributed by atoms with E-state index in [1.165, 1.54) is 11.8 Å². The lowest BCUT2D eigenvalue weighted by molar-refractivity contribution is 0.112. The van der Waals surface area contributed by atoms with Gasteiger partial charge in [-0.25, -0.2) is 4.39 Å². The van der Waals surface area contributed by atoms with Crippen molar-refractivity contribution in [1.29, 1.82) is 0 Å². The van der Waals surface area contributed by atoms with Gasteiger partial charge in [0.25, 0.3) is 0 Å². The zero-order valence-electron chi connectivity index (χ0n) is 15.7. The SMILES string of the molecule is Cc1c(CN2CCN(CCOc3ccccc3)CC2)[nH]c2ccc(F)cc12. The number of rotatable bonds is 6. The number of nitrogens with zero attached hydrogens (tertiary/aromatic N) is 2. The molecule has 1 saturated heterocycles. The van der Waals surface area contributed by atoms with E-state index in [0.29, 0.717) is 0 Å². The molecule has 1 aliphatic rings. The molecule has 1 aliphatic heterocycles. The summed E-state index contributed by atoms with van der Waals surface area (Å²) in [6.07, 6.45) is 0. The Bertz CT molecular complexity index is 885. The fraction of sp³-hybridized carbons (Fsp3) is 0.364. The molecule has 2 heterocycles. The third-order valence-corrected chi connectivity index (χ3v) is 5.39. The first-order valence-electron chi connectivity index (χ1n) is 9.58. The maximum Gasteiger partial charge on any atom is 0.123 e. The van der Waals surface area contributed by atoms with Crippen molar-refractivity contribution in [2.45, 2.75) is 13.5 Å². The summed E-state index contributed by atoms with van der Waals surface area (Å²) in [4.78, 5) is 8.37. The summed E-state index contributed by atoms with van der Waals surface area (Å²) in [6.45, 7) is 8.80. The van der Waals surface area contributed by atoms with E-state index in [1.807, 2.05) is 36.4 Å². The molecule has 1 aromatic heterocycles. The largest absolute Gasteiger partial charge is 0.492 e.